The van der Waals surface area contributed by atoms with E-state index in [0.29, 0.717) is 41.9 Å². The average molecular weight is 502 g/mol. The molecule has 0 radical (unpaired) electrons. The van der Waals surface area contributed by atoms with Gasteiger partial charge in [0.2, 0.25) is 0 Å². The number of fused-ring (bicyclic) bond motifs is 2. The predicted octanol–water partition coefficient (Wildman–Crippen LogP) is 3.36. The number of aliphatic imine (C=N–C) groups is 1. The van der Waals surface area contributed by atoms with Gasteiger partial charge in [-0.15, -0.1) is 0 Å². The van der Waals surface area contributed by atoms with Crippen LogP contribution in [0.2, 0.25) is 0 Å². The van der Waals surface area contributed by atoms with Crippen LogP contribution in [0.15, 0.2) is 65.7 Å². The molecule has 0 aliphatic heterocycles. The van der Waals surface area contributed by atoms with E-state index in [1.54, 1.807) is 38.4 Å². The van der Waals surface area contributed by atoms with Crippen molar-refractivity contribution in [3.8, 4) is 0 Å². The zero-order valence-corrected chi connectivity index (χ0v) is 21.3. The molecule has 0 aromatic heterocycles. The van der Waals surface area contributed by atoms with Crippen molar-refractivity contribution in [3.63, 3.8) is 0 Å². The third kappa shape index (κ3) is 4.97. The maximum Gasteiger partial charge on any atom is 0.251 e. The summed E-state index contributed by atoms with van der Waals surface area (Å²) in [5.74, 6) is -0.424. The lowest BCUT2D eigenvalue weighted by Gasteiger charge is -2.37. The Morgan fingerprint density at radius 2 is 1.41 bits per heavy atom. The fourth-order valence-corrected chi connectivity index (χ4v) is 5.25. The number of amidine groups is 1. The second-order valence-corrected chi connectivity index (χ2v) is 9.46. The zero-order valence-electron chi connectivity index (χ0n) is 21.3. The van der Waals surface area contributed by atoms with Crippen LogP contribution in [-0.4, -0.2) is 37.8 Å². The number of aryl methyl sites for hydroxylation is 2. The SMILES string of the molecule is CNC(=O)c1ccc2c(c1)CCc1cc(C(=O)NC)ccc1C2(C[C@@H](C)N)C(N)=Nc1ccc(F)cc1. The summed E-state index contributed by atoms with van der Waals surface area (Å²) >= 11 is 0. The normalized spacial score (nSPS) is 15.1. The Hall–Kier alpha value is -4.04. The molecule has 0 bridgehead atoms. The largest absolute Gasteiger partial charge is 0.386 e. The summed E-state index contributed by atoms with van der Waals surface area (Å²) in [6.45, 7) is 1.91. The Morgan fingerprint density at radius 3 is 1.84 bits per heavy atom. The summed E-state index contributed by atoms with van der Waals surface area (Å²) in [4.78, 5) is 29.6. The monoisotopic (exact) mass is 501 g/mol. The van der Waals surface area contributed by atoms with E-state index < -0.39 is 5.41 Å². The van der Waals surface area contributed by atoms with Gasteiger partial charge in [0.25, 0.3) is 11.8 Å². The molecule has 1 aliphatic carbocycles. The lowest BCUT2D eigenvalue weighted by molar-refractivity contribution is 0.0955. The Kier molecular flexibility index (Phi) is 7.40. The van der Waals surface area contributed by atoms with Gasteiger partial charge in [0.05, 0.1) is 11.1 Å². The van der Waals surface area contributed by atoms with E-state index in [1.807, 2.05) is 31.2 Å². The van der Waals surface area contributed by atoms with Gasteiger partial charge in [-0.2, -0.15) is 0 Å². The van der Waals surface area contributed by atoms with Gasteiger partial charge in [-0.3, -0.25) is 9.59 Å². The lowest BCUT2D eigenvalue weighted by atomic mass is 9.67. The molecule has 1 atom stereocenters. The van der Waals surface area contributed by atoms with Crippen LogP contribution in [0.4, 0.5) is 10.1 Å². The number of carbonyl (C=O) groups excluding carboxylic acids is 2. The molecule has 0 fully saturated rings. The fourth-order valence-electron chi connectivity index (χ4n) is 5.25. The van der Waals surface area contributed by atoms with Crippen molar-refractivity contribution < 1.29 is 14.0 Å². The minimum atomic E-state index is -0.938. The van der Waals surface area contributed by atoms with E-state index in [9.17, 15) is 14.0 Å². The predicted molar refractivity (Wildman–Crippen MR) is 144 cm³/mol. The van der Waals surface area contributed by atoms with Gasteiger partial charge in [-0.05, 0) is 97.0 Å². The molecule has 3 aromatic carbocycles. The number of benzene rings is 3. The summed E-state index contributed by atoms with van der Waals surface area (Å²) in [5.41, 5.74) is 17.7. The van der Waals surface area contributed by atoms with Crippen LogP contribution in [0.1, 0.15) is 56.3 Å². The third-order valence-electron chi connectivity index (χ3n) is 6.91. The molecule has 0 saturated heterocycles. The van der Waals surface area contributed by atoms with Crippen LogP contribution in [0.5, 0.6) is 0 Å². The van der Waals surface area contributed by atoms with E-state index in [4.69, 9.17) is 16.5 Å². The van der Waals surface area contributed by atoms with E-state index in [-0.39, 0.29) is 23.7 Å². The molecule has 3 aromatic rings. The first kappa shape index (κ1) is 26.0. The Bertz CT molecular complexity index is 1300. The topological polar surface area (TPSA) is 123 Å². The maximum atomic E-state index is 13.6. The van der Waals surface area contributed by atoms with E-state index >= 15 is 0 Å². The van der Waals surface area contributed by atoms with Gasteiger partial charge in [0, 0.05) is 31.3 Å². The standard InChI is InChI=1S/C29H32FN5O2/c1-17(31)16-29(28(32)35-23-10-8-22(30)9-11-23)24-12-6-20(26(36)33-2)14-18(24)4-5-19-15-21(27(37)34-3)7-13-25(19)29/h6-15,17H,4-5,16,31H2,1-3H3,(H2,32,35)(H,33,36)(H,34,37)/t17-/m1/s1. The summed E-state index contributed by atoms with van der Waals surface area (Å²) < 4.78 is 13.6. The van der Waals surface area contributed by atoms with Crippen LogP contribution < -0.4 is 22.1 Å². The molecular formula is C29H32FN5O2. The number of nitrogens with zero attached hydrogens (tertiary/aromatic N) is 1. The molecule has 37 heavy (non-hydrogen) atoms. The smallest absolute Gasteiger partial charge is 0.251 e. The van der Waals surface area contributed by atoms with Crippen molar-refractivity contribution in [2.45, 2.75) is 37.6 Å². The van der Waals surface area contributed by atoms with Gasteiger partial charge in [0.15, 0.2) is 0 Å². The number of carbonyl (C=O) groups is 2. The molecule has 1 aliphatic rings. The third-order valence-corrected chi connectivity index (χ3v) is 6.91. The average Bonchev–Trinajstić information content (AvgIpc) is 3.03. The van der Waals surface area contributed by atoms with Crippen molar-refractivity contribution in [1.29, 1.82) is 0 Å². The van der Waals surface area contributed by atoms with Crippen LogP contribution in [-0.2, 0) is 18.3 Å². The Morgan fingerprint density at radius 1 is 0.919 bits per heavy atom. The Labute approximate surface area is 216 Å². The highest BCUT2D eigenvalue weighted by molar-refractivity contribution is 6.00. The second kappa shape index (κ2) is 10.5. The van der Waals surface area contributed by atoms with Crippen molar-refractivity contribution in [2.75, 3.05) is 14.1 Å². The molecule has 0 unspecified atom stereocenters. The summed E-state index contributed by atoms with van der Waals surface area (Å²) in [7, 11) is 3.19. The summed E-state index contributed by atoms with van der Waals surface area (Å²) in [6.07, 6.45) is 1.70. The van der Waals surface area contributed by atoms with E-state index in [2.05, 4.69) is 10.6 Å². The first-order valence-corrected chi connectivity index (χ1v) is 12.3. The van der Waals surface area contributed by atoms with Gasteiger partial charge in [-0.1, -0.05) is 12.1 Å². The molecule has 0 spiro atoms. The number of nitrogens with one attached hydrogen (secondary N) is 2. The van der Waals surface area contributed by atoms with Crippen molar-refractivity contribution in [1.82, 2.24) is 10.6 Å². The van der Waals surface area contributed by atoms with E-state index in [1.165, 1.54) is 12.1 Å². The van der Waals surface area contributed by atoms with Crippen LogP contribution in [0, 0.1) is 5.82 Å². The Balaban J connectivity index is 2.03. The van der Waals surface area contributed by atoms with Crippen molar-refractivity contribution >= 4 is 23.3 Å². The van der Waals surface area contributed by atoms with Gasteiger partial charge in [-0.25, -0.2) is 9.38 Å². The minimum absolute atomic E-state index is 0.183. The molecular weight excluding hydrogens is 469 g/mol. The van der Waals surface area contributed by atoms with Crippen LogP contribution >= 0.6 is 0 Å². The minimum Gasteiger partial charge on any atom is -0.386 e. The molecule has 0 saturated carbocycles. The quantitative estimate of drug-likeness (QED) is 0.306. The van der Waals surface area contributed by atoms with Crippen LogP contribution in [0.25, 0.3) is 0 Å². The highest BCUT2D eigenvalue weighted by Gasteiger charge is 2.44. The number of halogens is 1. The van der Waals surface area contributed by atoms with Gasteiger partial charge in [0.1, 0.15) is 11.7 Å². The molecule has 2 amide bonds. The highest BCUT2D eigenvalue weighted by atomic mass is 19.1. The molecule has 6 N–H and O–H groups in total. The molecule has 0 heterocycles. The van der Waals surface area contributed by atoms with Gasteiger partial charge >= 0.3 is 0 Å². The number of amides is 2. The number of hydrogen-bond acceptors (Lipinski definition) is 4. The van der Waals surface area contributed by atoms with Crippen LogP contribution in [0.3, 0.4) is 0 Å². The van der Waals surface area contributed by atoms with Crippen molar-refractivity contribution in [2.24, 2.45) is 16.5 Å². The summed E-state index contributed by atoms with van der Waals surface area (Å²) in [5, 5.41) is 5.36. The molecule has 192 valence electrons. The molecule has 7 nitrogen and oxygen atoms in total. The maximum absolute atomic E-state index is 13.6. The number of nitrogens with two attached hydrogens (primary N) is 2. The van der Waals surface area contributed by atoms with Gasteiger partial charge < -0.3 is 22.1 Å². The summed E-state index contributed by atoms with van der Waals surface area (Å²) in [6, 6.07) is 16.8. The number of rotatable bonds is 6. The second-order valence-electron chi connectivity index (χ2n) is 9.46. The fraction of sp³-hybridized carbons (Fsp3) is 0.276. The first-order valence-electron chi connectivity index (χ1n) is 12.3. The zero-order chi connectivity index (χ0) is 26.7. The van der Waals surface area contributed by atoms with E-state index in [0.717, 1.165) is 22.3 Å². The molecule has 4 rings (SSSR count). The van der Waals surface area contributed by atoms with Crippen molar-refractivity contribution in [3.05, 3.63) is 99.9 Å². The lowest BCUT2D eigenvalue weighted by Crippen LogP contribution is -2.46. The highest BCUT2D eigenvalue weighted by Crippen LogP contribution is 2.44. The number of hydrogen-bond donors (Lipinski definition) is 4. The first-order chi connectivity index (χ1) is 17.7. The molecule has 8 heteroatoms.